The molecule has 0 saturated heterocycles. The molecule has 0 aliphatic rings. The minimum absolute atomic E-state index is 0.546. The minimum atomic E-state index is 0.546. The van der Waals surface area contributed by atoms with Crippen LogP contribution in [0.1, 0.15) is 24.5 Å². The first-order chi connectivity index (χ1) is 9.31. The fourth-order valence-corrected chi connectivity index (χ4v) is 1.83. The van der Waals surface area contributed by atoms with Gasteiger partial charge in [0.25, 0.3) is 0 Å². The fourth-order valence-electron chi connectivity index (χ4n) is 1.83. The van der Waals surface area contributed by atoms with Crippen molar-refractivity contribution in [3.63, 3.8) is 0 Å². The zero-order chi connectivity index (χ0) is 13.5. The standard InChI is InChI=1S/C17H18N2/c1-2-9-16(14-10-5-3-6-11-14)19-17(18)15-12-7-4-8-13-15/h3-13H,2H2,1H3,(H2,18,19)/b16-9-. The van der Waals surface area contributed by atoms with E-state index in [1.165, 1.54) is 0 Å². The average molecular weight is 250 g/mol. The highest BCUT2D eigenvalue weighted by Crippen LogP contribution is 2.17. The minimum Gasteiger partial charge on any atom is -0.383 e. The summed E-state index contributed by atoms with van der Waals surface area (Å²) in [6, 6.07) is 19.9. The lowest BCUT2D eigenvalue weighted by Crippen LogP contribution is -2.13. The molecule has 2 heteroatoms. The van der Waals surface area contributed by atoms with E-state index in [1.54, 1.807) is 0 Å². The smallest absolute Gasteiger partial charge is 0.131 e. The lowest BCUT2D eigenvalue weighted by molar-refractivity contribution is 1.21. The largest absolute Gasteiger partial charge is 0.383 e. The van der Waals surface area contributed by atoms with Crippen molar-refractivity contribution < 1.29 is 0 Å². The number of hydrogen-bond donors (Lipinski definition) is 1. The van der Waals surface area contributed by atoms with E-state index in [2.05, 4.69) is 18.0 Å². The van der Waals surface area contributed by atoms with Crippen LogP contribution in [0, 0.1) is 0 Å². The Labute approximate surface area is 114 Å². The van der Waals surface area contributed by atoms with Crippen molar-refractivity contribution in [2.45, 2.75) is 13.3 Å². The predicted octanol–water partition coefficient (Wildman–Crippen LogP) is 3.84. The highest BCUT2D eigenvalue weighted by Gasteiger charge is 2.02. The van der Waals surface area contributed by atoms with Gasteiger partial charge in [-0.15, -0.1) is 0 Å². The van der Waals surface area contributed by atoms with Gasteiger partial charge in [0, 0.05) is 5.56 Å². The maximum atomic E-state index is 6.07. The topological polar surface area (TPSA) is 38.4 Å². The van der Waals surface area contributed by atoms with Crippen molar-refractivity contribution in [3.8, 4) is 0 Å². The molecule has 0 aliphatic heterocycles. The quantitative estimate of drug-likeness (QED) is 0.649. The van der Waals surface area contributed by atoms with Crippen LogP contribution >= 0.6 is 0 Å². The maximum absolute atomic E-state index is 6.07. The molecule has 0 atom stereocenters. The number of nitrogens with zero attached hydrogens (tertiary/aromatic N) is 1. The SMILES string of the molecule is CC/C=C(\N=C(N)c1ccccc1)c1ccccc1. The number of allylic oxidation sites excluding steroid dienone is 1. The second kappa shape index (κ2) is 6.55. The molecule has 0 spiro atoms. The molecule has 0 heterocycles. The Morgan fingerprint density at radius 3 is 2.00 bits per heavy atom. The van der Waals surface area contributed by atoms with E-state index < -0.39 is 0 Å². The first-order valence-electron chi connectivity index (χ1n) is 6.46. The Balaban J connectivity index is 2.35. The van der Waals surface area contributed by atoms with E-state index in [-0.39, 0.29) is 0 Å². The molecule has 0 amide bonds. The summed E-state index contributed by atoms with van der Waals surface area (Å²) in [7, 11) is 0. The van der Waals surface area contributed by atoms with Gasteiger partial charge >= 0.3 is 0 Å². The van der Waals surface area contributed by atoms with Gasteiger partial charge in [-0.05, 0) is 12.0 Å². The van der Waals surface area contributed by atoms with Crippen LogP contribution in [0.4, 0.5) is 0 Å². The van der Waals surface area contributed by atoms with Crippen molar-refractivity contribution in [2.75, 3.05) is 0 Å². The van der Waals surface area contributed by atoms with Crippen molar-refractivity contribution in [3.05, 3.63) is 77.9 Å². The van der Waals surface area contributed by atoms with Crippen LogP contribution in [0.2, 0.25) is 0 Å². The zero-order valence-corrected chi connectivity index (χ0v) is 11.1. The van der Waals surface area contributed by atoms with Gasteiger partial charge in [0.1, 0.15) is 5.84 Å². The van der Waals surface area contributed by atoms with E-state index in [0.29, 0.717) is 5.84 Å². The molecule has 2 aromatic carbocycles. The summed E-state index contributed by atoms with van der Waals surface area (Å²) in [5.74, 6) is 0.546. The molecule has 2 aromatic rings. The normalized spacial score (nSPS) is 12.5. The first kappa shape index (κ1) is 13.1. The van der Waals surface area contributed by atoms with Gasteiger partial charge in [0.2, 0.25) is 0 Å². The molecule has 0 radical (unpaired) electrons. The van der Waals surface area contributed by atoms with E-state index >= 15 is 0 Å². The Morgan fingerprint density at radius 2 is 1.47 bits per heavy atom. The van der Waals surface area contributed by atoms with Gasteiger partial charge < -0.3 is 5.73 Å². The molecule has 0 unspecified atom stereocenters. The van der Waals surface area contributed by atoms with Crippen LogP contribution in [0.5, 0.6) is 0 Å². The molecule has 0 saturated carbocycles. The van der Waals surface area contributed by atoms with Crippen molar-refractivity contribution in [1.29, 1.82) is 0 Å². The Kier molecular flexibility index (Phi) is 4.51. The highest BCUT2D eigenvalue weighted by atomic mass is 14.9. The molecule has 0 aliphatic carbocycles. The van der Waals surface area contributed by atoms with E-state index in [0.717, 1.165) is 23.2 Å². The number of nitrogens with two attached hydrogens (primary N) is 1. The summed E-state index contributed by atoms with van der Waals surface area (Å²) in [5.41, 5.74) is 9.02. The number of aliphatic imine (C=N–C) groups is 1. The molecule has 2 rings (SSSR count). The number of benzene rings is 2. The van der Waals surface area contributed by atoms with Crippen molar-refractivity contribution >= 4 is 11.5 Å². The van der Waals surface area contributed by atoms with Crippen LogP contribution < -0.4 is 5.73 Å². The number of amidine groups is 1. The summed E-state index contributed by atoms with van der Waals surface area (Å²) in [6.45, 7) is 2.09. The third kappa shape index (κ3) is 3.55. The van der Waals surface area contributed by atoms with Crippen molar-refractivity contribution in [1.82, 2.24) is 0 Å². The summed E-state index contributed by atoms with van der Waals surface area (Å²) in [5, 5.41) is 0. The number of hydrogen-bond acceptors (Lipinski definition) is 1. The lowest BCUT2D eigenvalue weighted by atomic mass is 10.1. The molecular formula is C17H18N2. The monoisotopic (exact) mass is 250 g/mol. The molecule has 2 nitrogen and oxygen atoms in total. The fraction of sp³-hybridized carbons (Fsp3) is 0.118. The lowest BCUT2D eigenvalue weighted by Gasteiger charge is -2.05. The summed E-state index contributed by atoms with van der Waals surface area (Å²) < 4.78 is 0. The average Bonchev–Trinajstić information content (AvgIpc) is 2.48. The van der Waals surface area contributed by atoms with Gasteiger partial charge in [-0.1, -0.05) is 73.7 Å². The van der Waals surface area contributed by atoms with Gasteiger partial charge in [-0.25, -0.2) is 4.99 Å². The first-order valence-corrected chi connectivity index (χ1v) is 6.46. The third-order valence-corrected chi connectivity index (χ3v) is 2.78. The van der Waals surface area contributed by atoms with Crippen LogP contribution in [-0.4, -0.2) is 5.84 Å². The molecule has 19 heavy (non-hydrogen) atoms. The second-order valence-electron chi connectivity index (χ2n) is 4.23. The van der Waals surface area contributed by atoms with Gasteiger partial charge in [0.05, 0.1) is 5.70 Å². The summed E-state index contributed by atoms with van der Waals surface area (Å²) in [4.78, 5) is 4.56. The molecule has 2 N–H and O–H groups in total. The molecule has 96 valence electrons. The van der Waals surface area contributed by atoms with Gasteiger partial charge in [-0.2, -0.15) is 0 Å². The molecular weight excluding hydrogens is 232 g/mol. The van der Waals surface area contributed by atoms with E-state index in [1.807, 2.05) is 60.7 Å². The zero-order valence-electron chi connectivity index (χ0n) is 11.1. The van der Waals surface area contributed by atoms with Gasteiger partial charge in [-0.3, -0.25) is 0 Å². The van der Waals surface area contributed by atoms with E-state index in [9.17, 15) is 0 Å². The van der Waals surface area contributed by atoms with Gasteiger partial charge in [0.15, 0.2) is 0 Å². The third-order valence-electron chi connectivity index (χ3n) is 2.78. The Bertz CT molecular complexity index is 569. The number of rotatable bonds is 4. The van der Waals surface area contributed by atoms with Crippen LogP contribution in [0.25, 0.3) is 5.70 Å². The maximum Gasteiger partial charge on any atom is 0.131 e. The van der Waals surface area contributed by atoms with Crippen LogP contribution in [-0.2, 0) is 0 Å². The second-order valence-corrected chi connectivity index (χ2v) is 4.23. The predicted molar refractivity (Wildman–Crippen MR) is 81.9 cm³/mol. The molecule has 0 aromatic heterocycles. The van der Waals surface area contributed by atoms with Crippen LogP contribution in [0.15, 0.2) is 71.7 Å². The van der Waals surface area contributed by atoms with Crippen LogP contribution in [0.3, 0.4) is 0 Å². The van der Waals surface area contributed by atoms with Crippen molar-refractivity contribution in [2.24, 2.45) is 10.7 Å². The highest BCUT2D eigenvalue weighted by molar-refractivity contribution is 6.00. The Hall–Kier alpha value is -2.35. The molecule has 0 fully saturated rings. The summed E-state index contributed by atoms with van der Waals surface area (Å²) in [6.07, 6.45) is 3.01. The summed E-state index contributed by atoms with van der Waals surface area (Å²) >= 11 is 0. The molecule has 0 bridgehead atoms. The van der Waals surface area contributed by atoms with E-state index in [4.69, 9.17) is 5.73 Å². The Morgan fingerprint density at radius 1 is 0.947 bits per heavy atom.